The third-order valence-electron chi connectivity index (χ3n) is 5.34. The molecule has 34 heavy (non-hydrogen) atoms. The Morgan fingerprint density at radius 2 is 1.76 bits per heavy atom. The number of rotatable bonds is 6. The molecule has 4 aromatic rings. The van der Waals surface area contributed by atoms with Gasteiger partial charge in [0.05, 0.1) is 17.5 Å². The number of benzene rings is 1. The molecule has 0 aliphatic heterocycles. The van der Waals surface area contributed by atoms with Gasteiger partial charge in [0.1, 0.15) is 5.41 Å². The van der Waals surface area contributed by atoms with E-state index in [1.54, 1.807) is 13.0 Å². The summed E-state index contributed by atoms with van der Waals surface area (Å²) in [6.07, 6.45) is 2.44. The quantitative estimate of drug-likeness (QED) is 0.398. The van der Waals surface area contributed by atoms with Crippen molar-refractivity contribution >= 4 is 26.1 Å². The lowest BCUT2D eigenvalue weighted by Gasteiger charge is -2.26. The van der Waals surface area contributed by atoms with E-state index in [2.05, 4.69) is 16.4 Å². The second-order valence-electron chi connectivity index (χ2n) is 7.64. The number of aromatic hydroxyl groups is 2. The first-order valence-corrected chi connectivity index (χ1v) is 11.1. The summed E-state index contributed by atoms with van der Waals surface area (Å²) < 4.78 is 40.8. The van der Waals surface area contributed by atoms with Gasteiger partial charge in [-0.25, -0.2) is 14.3 Å². The minimum Gasteiger partial charge on any atom is -0.492 e. The van der Waals surface area contributed by atoms with Gasteiger partial charge in [0.25, 0.3) is 0 Å². The molecule has 0 saturated carbocycles. The van der Waals surface area contributed by atoms with Crippen molar-refractivity contribution in [3.63, 3.8) is 0 Å². The van der Waals surface area contributed by atoms with Gasteiger partial charge in [0.2, 0.25) is 11.8 Å². The van der Waals surface area contributed by atoms with Gasteiger partial charge in [-0.2, -0.15) is 18.3 Å². The van der Waals surface area contributed by atoms with Crippen LogP contribution in [0.25, 0.3) is 16.8 Å². The highest BCUT2D eigenvalue weighted by Crippen LogP contribution is 2.34. The Hall–Kier alpha value is -3.85. The maximum Gasteiger partial charge on any atom is 0.416 e. The SMILES string of the molecule is C=PCC(C)(C(=O)On1c(O)ccc1O)c1ccnc2c(-c3ccc(C(F)(F)F)cc3)cnn12. The summed E-state index contributed by atoms with van der Waals surface area (Å²) in [4.78, 5) is 22.8. The third kappa shape index (κ3) is 3.99. The van der Waals surface area contributed by atoms with Crippen LogP contribution in [0.3, 0.4) is 0 Å². The van der Waals surface area contributed by atoms with Crippen molar-refractivity contribution in [2.24, 2.45) is 0 Å². The van der Waals surface area contributed by atoms with Gasteiger partial charge in [-0.05, 0) is 30.7 Å². The first kappa shape index (κ1) is 23.3. The molecule has 1 aromatic carbocycles. The summed E-state index contributed by atoms with van der Waals surface area (Å²) in [7, 11) is 0.598. The Balaban J connectivity index is 1.78. The summed E-state index contributed by atoms with van der Waals surface area (Å²) in [5.74, 6) is -1.74. The zero-order valence-corrected chi connectivity index (χ0v) is 18.6. The highest BCUT2D eigenvalue weighted by atomic mass is 31.1. The zero-order chi connectivity index (χ0) is 24.7. The maximum absolute atomic E-state index is 13.2. The van der Waals surface area contributed by atoms with Crippen molar-refractivity contribution in [1.82, 2.24) is 19.3 Å². The van der Waals surface area contributed by atoms with Crippen LogP contribution in [0.1, 0.15) is 18.2 Å². The molecule has 0 fully saturated rings. The fourth-order valence-electron chi connectivity index (χ4n) is 3.50. The lowest BCUT2D eigenvalue weighted by atomic mass is 9.88. The molecule has 8 nitrogen and oxygen atoms in total. The van der Waals surface area contributed by atoms with Crippen LogP contribution in [0.4, 0.5) is 13.2 Å². The van der Waals surface area contributed by atoms with Crippen LogP contribution < -0.4 is 4.84 Å². The fraction of sp³-hybridized carbons (Fsp3) is 0.182. The molecule has 0 aliphatic carbocycles. The van der Waals surface area contributed by atoms with Crippen LogP contribution >= 0.6 is 8.20 Å². The molecule has 176 valence electrons. The molecule has 0 radical (unpaired) electrons. The largest absolute Gasteiger partial charge is 0.492 e. The van der Waals surface area contributed by atoms with E-state index in [4.69, 9.17) is 4.84 Å². The van der Waals surface area contributed by atoms with Gasteiger partial charge in [-0.15, -0.1) is 12.9 Å². The van der Waals surface area contributed by atoms with Gasteiger partial charge in [0, 0.05) is 30.1 Å². The first-order chi connectivity index (χ1) is 16.1. The fourth-order valence-corrected chi connectivity index (χ4v) is 4.24. The number of alkyl halides is 3. The molecule has 4 rings (SSSR count). The molecule has 0 spiro atoms. The second kappa shape index (κ2) is 8.49. The summed E-state index contributed by atoms with van der Waals surface area (Å²) in [6.45, 7) is 1.60. The average molecular weight is 490 g/mol. The summed E-state index contributed by atoms with van der Waals surface area (Å²) in [6, 6.07) is 8.49. The van der Waals surface area contributed by atoms with E-state index in [-0.39, 0.29) is 6.16 Å². The van der Waals surface area contributed by atoms with Crippen LogP contribution in [0.2, 0.25) is 0 Å². The predicted molar refractivity (Wildman–Crippen MR) is 119 cm³/mol. The van der Waals surface area contributed by atoms with Crippen molar-refractivity contribution < 1.29 is 33.0 Å². The molecule has 2 N–H and O–H groups in total. The number of fused-ring (bicyclic) bond motifs is 1. The van der Waals surface area contributed by atoms with Crippen molar-refractivity contribution in [3.05, 3.63) is 66.1 Å². The van der Waals surface area contributed by atoms with Crippen molar-refractivity contribution in [1.29, 1.82) is 0 Å². The number of aromatic nitrogens is 4. The van der Waals surface area contributed by atoms with Gasteiger partial charge < -0.3 is 15.1 Å². The predicted octanol–water partition coefficient (Wildman–Crippen LogP) is 3.92. The summed E-state index contributed by atoms with van der Waals surface area (Å²) in [5.41, 5.74) is -0.472. The maximum atomic E-state index is 13.2. The van der Waals surface area contributed by atoms with E-state index in [0.29, 0.717) is 35.4 Å². The van der Waals surface area contributed by atoms with Crippen LogP contribution in [-0.2, 0) is 16.4 Å². The van der Waals surface area contributed by atoms with Crippen LogP contribution in [-0.4, -0.2) is 48.0 Å². The molecule has 1 unspecified atom stereocenters. The molecule has 3 aromatic heterocycles. The van der Waals surface area contributed by atoms with Crippen LogP contribution in [0, 0.1) is 0 Å². The van der Waals surface area contributed by atoms with Gasteiger partial charge in [0.15, 0.2) is 5.65 Å². The summed E-state index contributed by atoms with van der Waals surface area (Å²) >= 11 is 0. The number of hydrogen-bond acceptors (Lipinski definition) is 6. The topological polar surface area (TPSA) is 102 Å². The molecular weight excluding hydrogens is 472 g/mol. The molecule has 1 atom stereocenters. The van der Waals surface area contributed by atoms with E-state index in [1.165, 1.54) is 29.0 Å². The highest BCUT2D eigenvalue weighted by Gasteiger charge is 2.40. The van der Waals surface area contributed by atoms with Crippen molar-refractivity contribution in [2.75, 3.05) is 6.16 Å². The zero-order valence-electron chi connectivity index (χ0n) is 17.7. The van der Waals surface area contributed by atoms with Gasteiger partial charge in [-0.3, -0.25) is 0 Å². The minimum absolute atomic E-state index is 0.198. The lowest BCUT2D eigenvalue weighted by Crippen LogP contribution is -2.42. The highest BCUT2D eigenvalue weighted by molar-refractivity contribution is 7.36. The number of carbonyl (C=O) groups is 1. The lowest BCUT2D eigenvalue weighted by molar-refractivity contribution is -0.151. The number of halogens is 3. The number of hydrogen-bond donors (Lipinski definition) is 2. The monoisotopic (exact) mass is 490 g/mol. The summed E-state index contributed by atoms with van der Waals surface area (Å²) in [5, 5.41) is 24.0. The van der Waals surface area contributed by atoms with Gasteiger partial charge in [-0.1, -0.05) is 18.4 Å². The van der Waals surface area contributed by atoms with E-state index in [0.717, 1.165) is 24.3 Å². The van der Waals surface area contributed by atoms with E-state index >= 15 is 0 Å². The van der Waals surface area contributed by atoms with Crippen molar-refractivity contribution in [3.8, 4) is 22.9 Å². The second-order valence-corrected chi connectivity index (χ2v) is 8.40. The molecule has 0 aliphatic rings. The Morgan fingerprint density at radius 1 is 1.12 bits per heavy atom. The number of nitrogens with zero attached hydrogens (tertiary/aromatic N) is 4. The molecule has 0 bridgehead atoms. The van der Waals surface area contributed by atoms with E-state index < -0.39 is 34.9 Å². The number of carbonyl (C=O) groups excluding carboxylic acids is 1. The average Bonchev–Trinajstić information content (AvgIpc) is 3.37. The third-order valence-corrected chi connectivity index (χ3v) is 6.20. The van der Waals surface area contributed by atoms with Crippen LogP contribution in [0.15, 0.2) is 54.9 Å². The van der Waals surface area contributed by atoms with Crippen molar-refractivity contribution in [2.45, 2.75) is 18.5 Å². The smallest absolute Gasteiger partial charge is 0.416 e. The Morgan fingerprint density at radius 3 is 2.35 bits per heavy atom. The normalized spacial score (nSPS) is 13.8. The molecule has 12 heteroatoms. The first-order valence-electron chi connectivity index (χ1n) is 9.82. The van der Waals surface area contributed by atoms with Crippen LogP contribution in [0.5, 0.6) is 11.8 Å². The minimum atomic E-state index is -4.46. The Kier molecular flexibility index (Phi) is 5.82. The van der Waals surface area contributed by atoms with Gasteiger partial charge >= 0.3 is 12.1 Å². The molecule has 0 saturated heterocycles. The molecular formula is C22H18F3N4O4P. The Bertz CT molecular complexity index is 1360. The Labute approximate surface area is 192 Å². The standard InChI is InChI=1S/C22H18F3N4O4P/c1-21(12-34-2,20(32)33-29-17(30)7-8-18(29)31)16-9-10-26-19-15(11-27-28(16)19)13-3-5-14(6-4-13)22(23,24)25/h3-11,30-31H,2,12H2,1H3. The van der Waals surface area contributed by atoms with E-state index in [9.17, 15) is 28.2 Å². The molecule has 0 amide bonds. The van der Waals surface area contributed by atoms with E-state index in [1.807, 2.05) is 0 Å². The molecule has 3 heterocycles.